The number of carbonyl (C=O) groups is 2. The molecule has 0 aromatic heterocycles. The van der Waals surface area contributed by atoms with Gasteiger partial charge in [-0.3, -0.25) is 0 Å². The Morgan fingerprint density at radius 2 is 1.47 bits per heavy atom. The van der Waals surface area contributed by atoms with Crippen molar-refractivity contribution in [1.82, 2.24) is 5.32 Å². The molecule has 1 amide bonds. The molecule has 32 heavy (non-hydrogen) atoms. The number of hydrogen-bond donors (Lipinski definition) is 1. The number of ether oxygens (including phenoxy) is 2. The van der Waals surface area contributed by atoms with Gasteiger partial charge in [-0.2, -0.15) is 0 Å². The van der Waals surface area contributed by atoms with E-state index in [0.29, 0.717) is 6.42 Å². The van der Waals surface area contributed by atoms with E-state index in [9.17, 15) is 9.59 Å². The number of esters is 1. The van der Waals surface area contributed by atoms with Crippen molar-refractivity contribution in [1.29, 1.82) is 0 Å². The molecule has 1 N–H and O–H groups in total. The van der Waals surface area contributed by atoms with Crippen molar-refractivity contribution >= 4 is 20.4 Å². The van der Waals surface area contributed by atoms with Crippen molar-refractivity contribution < 1.29 is 23.5 Å². The summed E-state index contributed by atoms with van der Waals surface area (Å²) in [5.74, 6) is -0.515. The summed E-state index contributed by atoms with van der Waals surface area (Å²) in [5, 5.41) is 2.74. The maximum atomic E-state index is 12.8. The average molecular weight is 458 g/mol. The SMILES string of the molecule is COC(=O)[C@H](O[Si](C)(C)C(C)(C)C)[C@@H](Cc1ccccc1)NC(=O)OCc1ccccc1. The van der Waals surface area contributed by atoms with Gasteiger partial charge in [0, 0.05) is 0 Å². The van der Waals surface area contributed by atoms with Crippen LogP contribution < -0.4 is 5.32 Å². The third-order valence-electron chi connectivity index (χ3n) is 5.84. The topological polar surface area (TPSA) is 73.9 Å². The third kappa shape index (κ3) is 7.49. The lowest BCUT2D eigenvalue weighted by Crippen LogP contribution is -2.55. The highest BCUT2D eigenvalue weighted by molar-refractivity contribution is 6.74. The lowest BCUT2D eigenvalue weighted by atomic mass is 10.0. The predicted molar refractivity (Wildman–Crippen MR) is 128 cm³/mol. The molecule has 0 radical (unpaired) electrons. The van der Waals surface area contributed by atoms with E-state index in [4.69, 9.17) is 13.9 Å². The first kappa shape index (κ1) is 25.6. The highest BCUT2D eigenvalue weighted by atomic mass is 28.4. The molecule has 0 aliphatic rings. The highest BCUT2D eigenvalue weighted by Gasteiger charge is 2.44. The second-order valence-electron chi connectivity index (χ2n) is 9.32. The molecule has 0 saturated carbocycles. The van der Waals surface area contributed by atoms with Gasteiger partial charge < -0.3 is 19.2 Å². The Morgan fingerprint density at radius 3 is 1.97 bits per heavy atom. The molecule has 0 aliphatic heterocycles. The van der Waals surface area contributed by atoms with Crippen molar-refractivity contribution in [2.75, 3.05) is 7.11 Å². The van der Waals surface area contributed by atoms with Gasteiger partial charge in [0.2, 0.25) is 0 Å². The van der Waals surface area contributed by atoms with Crippen molar-refractivity contribution in [2.24, 2.45) is 0 Å². The van der Waals surface area contributed by atoms with Gasteiger partial charge in [-0.05, 0) is 35.7 Å². The number of benzene rings is 2. The molecule has 7 heteroatoms. The molecule has 0 saturated heterocycles. The van der Waals surface area contributed by atoms with Gasteiger partial charge >= 0.3 is 12.1 Å². The fourth-order valence-corrected chi connectivity index (χ4v) is 4.17. The number of nitrogens with one attached hydrogen (secondary N) is 1. The van der Waals surface area contributed by atoms with E-state index in [1.165, 1.54) is 7.11 Å². The first-order chi connectivity index (χ1) is 15.0. The van der Waals surface area contributed by atoms with E-state index < -0.39 is 32.5 Å². The van der Waals surface area contributed by atoms with Gasteiger partial charge in [-0.15, -0.1) is 0 Å². The minimum absolute atomic E-state index is 0.121. The number of carbonyl (C=O) groups excluding carboxylic acids is 2. The first-order valence-corrected chi connectivity index (χ1v) is 13.7. The molecule has 2 rings (SSSR count). The third-order valence-corrected chi connectivity index (χ3v) is 10.3. The second kappa shape index (κ2) is 11.3. The molecule has 174 valence electrons. The van der Waals surface area contributed by atoms with Crippen LogP contribution in [0.4, 0.5) is 4.79 Å². The van der Waals surface area contributed by atoms with Crippen molar-refractivity contribution in [3.8, 4) is 0 Å². The van der Waals surface area contributed by atoms with Gasteiger partial charge in [0.15, 0.2) is 14.4 Å². The summed E-state index contributed by atoms with van der Waals surface area (Å²) in [6, 6.07) is 18.4. The zero-order chi connectivity index (χ0) is 23.8. The molecule has 2 aromatic carbocycles. The monoisotopic (exact) mass is 457 g/mol. The van der Waals surface area contributed by atoms with Crippen LogP contribution in [0.3, 0.4) is 0 Å². The summed E-state index contributed by atoms with van der Waals surface area (Å²) in [6.45, 7) is 10.6. The van der Waals surface area contributed by atoms with Crippen LogP contribution in [0.1, 0.15) is 31.9 Å². The summed E-state index contributed by atoms with van der Waals surface area (Å²) >= 11 is 0. The molecule has 0 aliphatic carbocycles. The summed E-state index contributed by atoms with van der Waals surface area (Å²) < 4.78 is 16.9. The normalized spacial score (nSPS) is 13.7. The van der Waals surface area contributed by atoms with E-state index in [1.54, 1.807) is 0 Å². The molecular weight excluding hydrogens is 422 g/mol. The molecule has 0 heterocycles. The fourth-order valence-electron chi connectivity index (χ4n) is 2.92. The zero-order valence-corrected chi connectivity index (χ0v) is 20.9. The Balaban J connectivity index is 2.25. The van der Waals surface area contributed by atoms with Crippen molar-refractivity contribution in [2.45, 2.75) is 64.1 Å². The molecule has 2 aromatic rings. The molecule has 6 nitrogen and oxygen atoms in total. The lowest BCUT2D eigenvalue weighted by molar-refractivity contribution is -0.150. The van der Waals surface area contributed by atoms with Crippen molar-refractivity contribution in [3.05, 3.63) is 71.8 Å². The standard InChI is InChI=1S/C25H35NO5Si/c1-25(2,3)32(5,6)31-22(23(27)29-4)21(17-19-13-9-7-10-14-19)26-24(28)30-18-20-15-11-8-12-16-20/h7-16,21-22H,17-18H2,1-6H3,(H,26,28)/t21-,22-/m1/s1. The first-order valence-electron chi connectivity index (χ1n) is 10.8. The quantitative estimate of drug-likeness (QED) is 0.419. The van der Waals surface area contributed by atoms with E-state index in [-0.39, 0.29) is 11.6 Å². The van der Waals surface area contributed by atoms with Crippen LogP contribution in [-0.4, -0.2) is 39.6 Å². The Hall–Kier alpha value is -2.64. The van der Waals surface area contributed by atoms with Crippen LogP contribution in [-0.2, 0) is 31.7 Å². The maximum absolute atomic E-state index is 12.8. The summed E-state index contributed by atoms with van der Waals surface area (Å²) in [5.41, 5.74) is 1.85. The predicted octanol–water partition coefficient (Wildman–Crippen LogP) is 5.09. The number of alkyl carbamates (subject to hydrolysis) is 1. The molecule has 0 fully saturated rings. The van der Waals surface area contributed by atoms with Crippen LogP contribution in [0, 0.1) is 0 Å². The van der Waals surface area contributed by atoms with E-state index in [0.717, 1.165) is 11.1 Å². The van der Waals surface area contributed by atoms with Crippen molar-refractivity contribution in [3.63, 3.8) is 0 Å². The molecular formula is C25H35NO5Si. The van der Waals surface area contributed by atoms with Crippen LogP contribution >= 0.6 is 0 Å². The minimum atomic E-state index is -2.34. The lowest BCUT2D eigenvalue weighted by Gasteiger charge is -2.40. The minimum Gasteiger partial charge on any atom is -0.467 e. The van der Waals surface area contributed by atoms with E-state index in [1.807, 2.05) is 60.7 Å². The molecule has 2 atom stereocenters. The summed E-state index contributed by atoms with van der Waals surface area (Å²) in [4.78, 5) is 25.5. The maximum Gasteiger partial charge on any atom is 0.407 e. The molecule has 0 unspecified atom stereocenters. The van der Waals surface area contributed by atoms with Gasteiger partial charge in [0.25, 0.3) is 0 Å². The summed E-state index contributed by atoms with van der Waals surface area (Å²) in [7, 11) is -1.01. The Kier molecular flexibility index (Phi) is 9.04. The van der Waals surface area contributed by atoms with Crippen LogP contribution in [0.25, 0.3) is 0 Å². The zero-order valence-electron chi connectivity index (χ0n) is 19.9. The number of rotatable bonds is 9. The number of hydrogen-bond acceptors (Lipinski definition) is 5. The van der Waals surface area contributed by atoms with Gasteiger partial charge in [-0.1, -0.05) is 81.4 Å². The fraction of sp³-hybridized carbons (Fsp3) is 0.440. The van der Waals surface area contributed by atoms with E-state index in [2.05, 4.69) is 39.2 Å². The van der Waals surface area contributed by atoms with E-state index >= 15 is 0 Å². The number of methoxy groups -OCH3 is 1. The van der Waals surface area contributed by atoms with Gasteiger partial charge in [-0.25, -0.2) is 9.59 Å². The Morgan fingerprint density at radius 1 is 0.938 bits per heavy atom. The van der Waals surface area contributed by atoms with Gasteiger partial charge in [0.1, 0.15) is 6.61 Å². The highest BCUT2D eigenvalue weighted by Crippen LogP contribution is 2.38. The largest absolute Gasteiger partial charge is 0.467 e. The number of amides is 1. The Bertz CT molecular complexity index is 865. The van der Waals surface area contributed by atoms with Gasteiger partial charge in [0.05, 0.1) is 13.2 Å². The Labute approximate surface area is 192 Å². The molecule has 0 bridgehead atoms. The van der Waals surface area contributed by atoms with Crippen LogP contribution in [0.5, 0.6) is 0 Å². The molecule has 0 spiro atoms. The van der Waals surface area contributed by atoms with Crippen LogP contribution in [0.15, 0.2) is 60.7 Å². The summed E-state index contributed by atoms with van der Waals surface area (Å²) in [6.07, 6.45) is -1.16. The second-order valence-corrected chi connectivity index (χ2v) is 14.1. The van der Waals surface area contributed by atoms with Crippen LogP contribution in [0.2, 0.25) is 18.1 Å². The average Bonchev–Trinajstić information content (AvgIpc) is 2.76. The smallest absolute Gasteiger partial charge is 0.407 e.